The molecule has 0 fully saturated rings. The fraction of sp³-hybridized carbons (Fsp3) is 0. The molecule has 9 heteroatoms. The van der Waals surface area contributed by atoms with Crippen LogP contribution in [0.15, 0.2) is 0 Å². The van der Waals surface area contributed by atoms with Gasteiger partial charge in [0.05, 0.1) is 11.9 Å². The summed E-state index contributed by atoms with van der Waals surface area (Å²) < 4.78 is 12.4. The van der Waals surface area contributed by atoms with Crippen molar-refractivity contribution in [3.63, 3.8) is 0 Å². The van der Waals surface area contributed by atoms with E-state index in [9.17, 15) is 4.57 Å². The van der Waals surface area contributed by atoms with Gasteiger partial charge in [0.1, 0.15) is 0 Å². The van der Waals surface area contributed by atoms with E-state index in [1.807, 2.05) is 0 Å². The summed E-state index contributed by atoms with van der Waals surface area (Å²) in [5.74, 6) is 0. The first-order valence-electron chi connectivity index (χ1n) is 0.919. The molecule has 0 aromatic carbocycles. The summed E-state index contributed by atoms with van der Waals surface area (Å²) in [5.41, 5.74) is 0. The largest absolute Gasteiger partial charge is 0.316 e. The van der Waals surface area contributed by atoms with Crippen LogP contribution in [0, 0.1) is 0 Å². The molecule has 0 aliphatic carbocycles. The molecule has 0 spiro atoms. The fourth-order valence-corrected chi connectivity index (χ4v) is 0. The maximum Gasteiger partial charge on any atom is 0.316 e. The van der Waals surface area contributed by atoms with Crippen molar-refractivity contribution in [2.24, 2.45) is 0 Å². The summed E-state index contributed by atoms with van der Waals surface area (Å²) in [5, 5.41) is 0. The Morgan fingerprint density at radius 3 is 1.56 bits per heavy atom. The zero-order valence-corrected chi connectivity index (χ0v) is 4.19. The molecule has 0 heterocycles. The molecular formula is H8BaCaClMgO4P. The Morgan fingerprint density at radius 2 is 1.56 bits per heavy atom. The second-order valence-electron chi connectivity index (χ2n) is 0.560. The molecule has 0 aromatic heterocycles. The van der Waals surface area contributed by atoms with Crippen LogP contribution in [-0.4, -0.2) is 119 Å². The minimum Gasteiger partial charge on any atom is 0.316 e. The van der Waals surface area contributed by atoms with E-state index in [4.69, 9.17) is 9.79 Å². The SMILES string of the molecule is O=P(O)(O)OCl.[BaH2].[CaH2].[MgH2]. The minimum absolute atomic E-state index is 0. The molecule has 0 bridgehead atoms. The van der Waals surface area contributed by atoms with Gasteiger partial charge in [0.15, 0.2) is 0 Å². The van der Waals surface area contributed by atoms with Crippen molar-refractivity contribution in [2.75, 3.05) is 0 Å². The van der Waals surface area contributed by atoms with Crippen molar-refractivity contribution in [3.8, 4) is 0 Å². The molecule has 0 aliphatic rings. The Balaban J connectivity index is -0.0000000417. The van der Waals surface area contributed by atoms with Gasteiger partial charge in [0.2, 0.25) is 0 Å². The number of phosphoric acid groups is 1. The van der Waals surface area contributed by atoms with Gasteiger partial charge in [-0.25, -0.2) is 4.57 Å². The van der Waals surface area contributed by atoms with Crippen LogP contribution in [0.5, 0.6) is 0 Å². The van der Waals surface area contributed by atoms with E-state index in [-0.39, 0.29) is 110 Å². The molecule has 0 atom stereocenters. The van der Waals surface area contributed by atoms with Crippen molar-refractivity contribution >= 4 is 129 Å². The molecule has 0 rings (SSSR count). The van der Waals surface area contributed by atoms with Gasteiger partial charge in [-0.15, -0.1) is 0 Å². The average Bonchev–Trinajstić information content (AvgIpc) is 1.35. The molecular weight excluding hydrogens is 332 g/mol. The van der Waals surface area contributed by atoms with Gasteiger partial charge < -0.3 is 9.79 Å². The second-order valence-corrected chi connectivity index (χ2v) is 2.09. The number of hydrogen-bond donors (Lipinski definition) is 2. The van der Waals surface area contributed by atoms with E-state index < -0.39 is 7.82 Å². The van der Waals surface area contributed by atoms with Gasteiger partial charge in [0.25, 0.3) is 0 Å². The Kier molecular flexibility index (Phi) is 30.8. The molecule has 0 unspecified atom stereocenters. The van der Waals surface area contributed by atoms with Crippen LogP contribution >= 0.6 is 19.7 Å². The number of hydrogen-bond acceptors (Lipinski definition) is 2. The predicted octanol–water partition coefficient (Wildman–Crippen LogP) is -2.50. The molecule has 0 radical (unpaired) electrons. The molecule has 2 N–H and O–H groups in total. The van der Waals surface area contributed by atoms with E-state index in [1.165, 1.54) is 0 Å². The minimum atomic E-state index is -4.38. The Hall–Kier alpha value is 4.00. The first-order chi connectivity index (χ1) is 2.56. The summed E-state index contributed by atoms with van der Waals surface area (Å²) in [6.07, 6.45) is 0. The van der Waals surface area contributed by atoms with Gasteiger partial charge in [-0.1, -0.05) is 0 Å². The average molecular weight is 340 g/mol. The molecule has 0 aliphatic heterocycles. The fourth-order valence-electron chi connectivity index (χ4n) is 0. The van der Waals surface area contributed by atoms with Crippen LogP contribution < -0.4 is 0 Å². The van der Waals surface area contributed by atoms with Crippen LogP contribution in [-0.2, 0) is 8.64 Å². The molecule has 0 saturated carbocycles. The van der Waals surface area contributed by atoms with Crippen LogP contribution in [0.1, 0.15) is 0 Å². The number of halogens is 1. The zero-order chi connectivity index (χ0) is 5.21. The van der Waals surface area contributed by atoms with Crippen molar-refractivity contribution in [2.45, 2.75) is 0 Å². The normalized spacial score (nSPS) is 7.89. The predicted molar refractivity (Wildman–Crippen MR) is 44.6 cm³/mol. The van der Waals surface area contributed by atoms with Crippen molar-refractivity contribution in [1.29, 1.82) is 0 Å². The van der Waals surface area contributed by atoms with Gasteiger partial charge in [-0.05, 0) is 0 Å². The summed E-state index contributed by atoms with van der Waals surface area (Å²) in [7, 11) is -4.38. The maximum absolute atomic E-state index is 9.34. The molecule has 9 heavy (non-hydrogen) atoms. The second kappa shape index (κ2) is 12.0. The van der Waals surface area contributed by atoms with E-state index in [2.05, 4.69) is 15.9 Å². The number of rotatable bonds is 1. The Bertz CT molecular complexity index is 84.6. The molecule has 0 aromatic rings. The molecule has 0 amide bonds. The summed E-state index contributed by atoms with van der Waals surface area (Å²) in [4.78, 5) is 15.2. The zero-order valence-electron chi connectivity index (χ0n) is 2.54. The monoisotopic (exact) mass is 340 g/mol. The van der Waals surface area contributed by atoms with Crippen LogP contribution in [0.4, 0.5) is 0 Å². The third-order valence-corrected chi connectivity index (χ3v) is 0.809. The van der Waals surface area contributed by atoms with Gasteiger partial charge >= 0.3 is 117 Å². The van der Waals surface area contributed by atoms with E-state index >= 15 is 0 Å². The summed E-state index contributed by atoms with van der Waals surface area (Å²) in [6.45, 7) is 0. The topological polar surface area (TPSA) is 66.8 Å². The first-order valence-corrected chi connectivity index (χ1v) is 2.76. The van der Waals surface area contributed by atoms with Crippen LogP contribution in [0.3, 0.4) is 0 Å². The van der Waals surface area contributed by atoms with Crippen molar-refractivity contribution in [3.05, 3.63) is 0 Å². The first kappa shape index (κ1) is 23.1. The molecule has 50 valence electrons. The van der Waals surface area contributed by atoms with Gasteiger partial charge in [0, 0.05) is 0 Å². The Labute approximate surface area is 144 Å². The quantitative estimate of drug-likeness (QED) is 0.409. The molecule has 4 nitrogen and oxygen atoms in total. The van der Waals surface area contributed by atoms with E-state index in [0.29, 0.717) is 0 Å². The van der Waals surface area contributed by atoms with E-state index in [0.717, 1.165) is 0 Å². The Morgan fingerprint density at radius 1 is 1.44 bits per heavy atom. The smallest absolute Gasteiger partial charge is 0.316 e. The van der Waals surface area contributed by atoms with Gasteiger partial charge in [-0.2, -0.15) is 4.08 Å². The summed E-state index contributed by atoms with van der Waals surface area (Å²) in [6, 6.07) is 0. The van der Waals surface area contributed by atoms with Crippen LogP contribution in [0.2, 0.25) is 0 Å². The maximum atomic E-state index is 9.34. The molecule has 0 saturated heterocycles. The third-order valence-electron chi connectivity index (χ3n) is 0.0899. The van der Waals surface area contributed by atoms with Crippen molar-refractivity contribution < 1.29 is 18.4 Å². The van der Waals surface area contributed by atoms with Gasteiger partial charge in [-0.3, -0.25) is 0 Å². The third kappa shape index (κ3) is 24.5. The summed E-state index contributed by atoms with van der Waals surface area (Å²) >= 11 is 4.21. The van der Waals surface area contributed by atoms with E-state index in [1.54, 1.807) is 0 Å². The van der Waals surface area contributed by atoms with Crippen molar-refractivity contribution in [1.82, 2.24) is 0 Å². The van der Waals surface area contributed by atoms with Crippen LogP contribution in [0.25, 0.3) is 0 Å². The standard InChI is InChI=1S/Ba.Ca.ClH2O4P.Mg.6H/c;;1-5-6(2,3)4;;;;;;;/h;;(H2,2,3,4);;;;;;;.